The molecule has 0 radical (unpaired) electrons. The summed E-state index contributed by atoms with van der Waals surface area (Å²) in [6, 6.07) is 7.64. The maximum absolute atomic E-state index is 11.6. The maximum Gasteiger partial charge on any atom is 0.349 e. The molecule has 2 unspecified atom stereocenters. The predicted octanol–water partition coefficient (Wildman–Crippen LogP) is 2.96. The van der Waals surface area contributed by atoms with Gasteiger partial charge in [-0.2, -0.15) is 5.48 Å². The Balaban J connectivity index is 1.49. The highest BCUT2D eigenvalue weighted by Gasteiger charge is 2.34. The fraction of sp³-hybridized carbons (Fsp3) is 0.364. The number of nitrogens with one attached hydrogen (secondary N) is 1. The lowest BCUT2D eigenvalue weighted by Gasteiger charge is -2.28. The van der Waals surface area contributed by atoms with Crippen molar-refractivity contribution in [1.29, 1.82) is 0 Å². The van der Waals surface area contributed by atoms with Gasteiger partial charge in [-0.25, -0.2) is 9.59 Å². The van der Waals surface area contributed by atoms with Gasteiger partial charge in [0.25, 0.3) is 0 Å². The Labute approximate surface area is 188 Å². The SMILES string of the molecule is Cc1c(-c2cccc(OCN3CC=C4ONC(C)C4C3)c2)sc(C(=O)O)c1OCC(=O)O. The van der Waals surface area contributed by atoms with Gasteiger partial charge in [0.1, 0.15) is 24.0 Å². The van der Waals surface area contributed by atoms with Crippen LogP contribution < -0.4 is 15.0 Å². The minimum absolute atomic E-state index is 0.0255. The minimum Gasteiger partial charge on any atom is -0.480 e. The van der Waals surface area contributed by atoms with Gasteiger partial charge in [-0.1, -0.05) is 12.1 Å². The van der Waals surface area contributed by atoms with E-state index in [4.69, 9.17) is 19.4 Å². The van der Waals surface area contributed by atoms with Crippen LogP contribution in [0.15, 0.2) is 36.1 Å². The summed E-state index contributed by atoms with van der Waals surface area (Å²) in [7, 11) is 0. The second kappa shape index (κ2) is 9.19. The second-order valence-electron chi connectivity index (χ2n) is 7.76. The zero-order valence-electron chi connectivity index (χ0n) is 17.7. The van der Waals surface area contributed by atoms with Crippen LogP contribution in [0.25, 0.3) is 10.4 Å². The van der Waals surface area contributed by atoms with Gasteiger partial charge in [0.2, 0.25) is 0 Å². The number of fused-ring (bicyclic) bond motifs is 1. The van der Waals surface area contributed by atoms with E-state index >= 15 is 0 Å². The first kappa shape index (κ1) is 22.1. The molecule has 2 aromatic rings. The van der Waals surface area contributed by atoms with Crippen LogP contribution in [0.1, 0.15) is 22.2 Å². The quantitative estimate of drug-likeness (QED) is 0.546. The summed E-state index contributed by atoms with van der Waals surface area (Å²) in [5.41, 5.74) is 4.36. The van der Waals surface area contributed by atoms with E-state index in [1.165, 1.54) is 0 Å². The molecular weight excluding hydrogens is 436 g/mol. The molecular formula is C22H24N2O7S. The number of carboxylic acid groups (broad SMARTS) is 2. The van der Waals surface area contributed by atoms with Gasteiger partial charge in [0.05, 0.1) is 6.04 Å². The number of rotatable bonds is 8. The van der Waals surface area contributed by atoms with E-state index in [9.17, 15) is 14.7 Å². The zero-order chi connectivity index (χ0) is 22.8. The molecule has 0 saturated carbocycles. The lowest BCUT2D eigenvalue weighted by atomic mass is 9.97. The smallest absolute Gasteiger partial charge is 0.349 e. The first-order chi connectivity index (χ1) is 15.3. The maximum atomic E-state index is 11.6. The topological polar surface area (TPSA) is 118 Å². The van der Waals surface area contributed by atoms with E-state index in [0.29, 0.717) is 28.8 Å². The number of benzene rings is 1. The Morgan fingerprint density at radius 2 is 2.12 bits per heavy atom. The molecule has 3 heterocycles. The van der Waals surface area contributed by atoms with Gasteiger partial charge >= 0.3 is 11.9 Å². The fourth-order valence-corrected chi connectivity index (χ4v) is 4.89. The molecule has 1 aromatic heterocycles. The minimum atomic E-state index is -1.17. The Morgan fingerprint density at radius 3 is 2.88 bits per heavy atom. The molecule has 1 fully saturated rings. The summed E-state index contributed by atoms with van der Waals surface area (Å²) in [6.07, 6.45) is 2.06. The molecule has 2 aliphatic rings. The van der Waals surface area contributed by atoms with E-state index in [1.807, 2.05) is 24.3 Å². The third-order valence-electron chi connectivity index (χ3n) is 5.47. The van der Waals surface area contributed by atoms with Crippen molar-refractivity contribution in [1.82, 2.24) is 10.4 Å². The first-order valence-electron chi connectivity index (χ1n) is 10.1. The van der Waals surface area contributed by atoms with Gasteiger partial charge in [-0.3, -0.25) is 4.90 Å². The lowest BCUT2D eigenvalue weighted by molar-refractivity contribution is -0.139. The van der Waals surface area contributed by atoms with Crippen LogP contribution >= 0.6 is 11.3 Å². The average Bonchev–Trinajstić information content (AvgIpc) is 3.30. The van der Waals surface area contributed by atoms with Crippen molar-refractivity contribution in [3.63, 3.8) is 0 Å². The fourth-order valence-electron chi connectivity index (χ4n) is 3.80. The molecule has 1 aromatic carbocycles. The van der Waals surface area contributed by atoms with E-state index < -0.39 is 18.5 Å². The van der Waals surface area contributed by atoms with E-state index in [-0.39, 0.29) is 16.7 Å². The number of ether oxygens (including phenoxy) is 2. The Hall–Kier alpha value is -3.08. The highest BCUT2D eigenvalue weighted by molar-refractivity contribution is 7.18. The zero-order valence-corrected chi connectivity index (χ0v) is 18.5. The van der Waals surface area contributed by atoms with Crippen LogP contribution in [0, 0.1) is 12.8 Å². The molecule has 0 bridgehead atoms. The summed E-state index contributed by atoms with van der Waals surface area (Å²) in [5.74, 6) is -0.301. The Kier molecular flexibility index (Phi) is 6.35. The largest absolute Gasteiger partial charge is 0.480 e. The third-order valence-corrected chi connectivity index (χ3v) is 6.78. The highest BCUT2D eigenvalue weighted by atomic mass is 32.1. The van der Waals surface area contributed by atoms with Crippen LogP contribution in [0.3, 0.4) is 0 Å². The summed E-state index contributed by atoms with van der Waals surface area (Å²) in [5, 5.41) is 18.4. The highest BCUT2D eigenvalue weighted by Crippen LogP contribution is 2.42. The van der Waals surface area contributed by atoms with Gasteiger partial charge in [0.15, 0.2) is 11.5 Å². The number of carbonyl (C=O) groups is 2. The van der Waals surface area contributed by atoms with Crippen molar-refractivity contribution in [2.45, 2.75) is 19.9 Å². The molecule has 32 heavy (non-hydrogen) atoms. The number of nitrogens with zero attached hydrogens (tertiary/aromatic N) is 1. The average molecular weight is 461 g/mol. The van der Waals surface area contributed by atoms with Crippen LogP contribution in [0.5, 0.6) is 11.5 Å². The van der Waals surface area contributed by atoms with Gasteiger partial charge in [-0.15, -0.1) is 11.3 Å². The number of aliphatic carboxylic acids is 1. The molecule has 2 aliphatic heterocycles. The van der Waals surface area contributed by atoms with Crippen molar-refractivity contribution in [2.24, 2.45) is 5.92 Å². The summed E-state index contributed by atoms with van der Waals surface area (Å²) in [4.78, 5) is 30.8. The van der Waals surface area contributed by atoms with Crippen molar-refractivity contribution in [2.75, 3.05) is 26.4 Å². The summed E-state index contributed by atoms with van der Waals surface area (Å²) >= 11 is 1.05. The van der Waals surface area contributed by atoms with Gasteiger partial charge < -0.3 is 24.5 Å². The molecule has 1 saturated heterocycles. The van der Waals surface area contributed by atoms with Crippen molar-refractivity contribution in [3.8, 4) is 21.9 Å². The molecule has 2 atom stereocenters. The number of hydrogen-bond donors (Lipinski definition) is 3. The molecule has 170 valence electrons. The van der Waals surface area contributed by atoms with E-state index in [1.54, 1.807) is 6.92 Å². The lowest BCUT2D eigenvalue weighted by Crippen LogP contribution is -2.39. The van der Waals surface area contributed by atoms with Crippen LogP contribution in [0.2, 0.25) is 0 Å². The number of aromatic carboxylic acids is 1. The van der Waals surface area contributed by atoms with Crippen LogP contribution in [-0.4, -0.2) is 59.5 Å². The monoisotopic (exact) mass is 460 g/mol. The summed E-state index contributed by atoms with van der Waals surface area (Å²) in [6.45, 7) is 5.17. The van der Waals surface area contributed by atoms with Gasteiger partial charge in [-0.05, 0) is 37.6 Å². The molecule has 0 aliphatic carbocycles. The Morgan fingerprint density at radius 1 is 1.31 bits per heavy atom. The molecule has 3 N–H and O–H groups in total. The normalized spacial score (nSPS) is 20.2. The standard InChI is InChI=1S/C22H24N2O7S/c1-12-19(29-10-18(25)26)21(22(27)28)32-20(12)14-4-3-5-15(8-14)30-11-24-7-6-17-16(9-24)13(2)23-31-17/h3-6,8,13,16,23H,7,9-11H2,1-2H3,(H,25,26)(H,27,28). The summed E-state index contributed by atoms with van der Waals surface area (Å²) < 4.78 is 11.3. The predicted molar refractivity (Wildman–Crippen MR) is 117 cm³/mol. The second-order valence-corrected chi connectivity index (χ2v) is 8.78. The van der Waals surface area contributed by atoms with Crippen LogP contribution in [-0.2, 0) is 9.63 Å². The molecule has 0 amide bonds. The molecule has 0 spiro atoms. The first-order valence-corrected chi connectivity index (χ1v) is 10.9. The number of carboxylic acids is 2. The van der Waals surface area contributed by atoms with Crippen molar-refractivity contribution in [3.05, 3.63) is 46.5 Å². The number of hydrogen-bond acceptors (Lipinski definition) is 8. The molecule has 4 rings (SSSR count). The third kappa shape index (κ3) is 4.57. The molecule has 9 nitrogen and oxygen atoms in total. The number of thiophene rings is 1. The molecule has 10 heteroatoms. The van der Waals surface area contributed by atoms with E-state index in [0.717, 1.165) is 35.7 Å². The van der Waals surface area contributed by atoms with Crippen molar-refractivity contribution < 1.29 is 34.1 Å². The van der Waals surface area contributed by atoms with Crippen molar-refractivity contribution >= 4 is 23.3 Å². The Bertz CT molecular complexity index is 1060. The van der Waals surface area contributed by atoms with Gasteiger partial charge in [0, 0.05) is 29.4 Å². The van der Waals surface area contributed by atoms with E-state index in [2.05, 4.69) is 23.4 Å². The number of hydroxylamine groups is 1. The van der Waals surface area contributed by atoms with Crippen LogP contribution in [0.4, 0.5) is 0 Å².